The third-order valence-corrected chi connectivity index (χ3v) is 2.03. The van der Waals surface area contributed by atoms with Crippen molar-refractivity contribution in [2.45, 2.75) is 13.0 Å². The molecule has 0 saturated heterocycles. The van der Waals surface area contributed by atoms with Crippen molar-refractivity contribution in [1.82, 2.24) is 0 Å². The Labute approximate surface area is 94.2 Å². The van der Waals surface area contributed by atoms with E-state index in [-0.39, 0.29) is 6.61 Å². The minimum atomic E-state index is -0.842. The van der Waals surface area contributed by atoms with Crippen LogP contribution in [0.2, 0.25) is 0 Å². The SMILES string of the molecule is COC[C@@H](OC(=O)C(C)=O)c1ccccc1. The lowest BCUT2D eigenvalue weighted by atomic mass is 10.1. The van der Waals surface area contributed by atoms with Crippen LogP contribution in [0.15, 0.2) is 30.3 Å². The van der Waals surface area contributed by atoms with Crippen LogP contribution in [0.5, 0.6) is 0 Å². The van der Waals surface area contributed by atoms with Crippen LogP contribution in [0, 0.1) is 0 Å². The van der Waals surface area contributed by atoms with Crippen LogP contribution in [0.4, 0.5) is 0 Å². The number of carbonyl (C=O) groups is 2. The second-order valence-electron chi connectivity index (χ2n) is 3.32. The van der Waals surface area contributed by atoms with Crippen molar-refractivity contribution in [1.29, 1.82) is 0 Å². The Morgan fingerprint density at radius 1 is 1.25 bits per heavy atom. The summed E-state index contributed by atoms with van der Waals surface area (Å²) in [6.07, 6.45) is -0.539. The molecule has 0 amide bonds. The summed E-state index contributed by atoms with van der Waals surface area (Å²) in [6, 6.07) is 9.16. The number of ether oxygens (including phenoxy) is 2. The van der Waals surface area contributed by atoms with Crippen molar-refractivity contribution in [3.63, 3.8) is 0 Å². The van der Waals surface area contributed by atoms with E-state index in [1.54, 1.807) is 0 Å². The number of Topliss-reactive ketones (excluding diaryl/α,β-unsaturated/α-hetero) is 1. The van der Waals surface area contributed by atoms with Gasteiger partial charge in [0.1, 0.15) is 0 Å². The first-order chi connectivity index (χ1) is 7.65. The lowest BCUT2D eigenvalue weighted by Gasteiger charge is -2.16. The molecule has 1 aromatic carbocycles. The molecule has 0 aliphatic rings. The van der Waals surface area contributed by atoms with Gasteiger partial charge >= 0.3 is 5.97 Å². The maximum absolute atomic E-state index is 11.2. The zero-order chi connectivity index (χ0) is 12.0. The summed E-state index contributed by atoms with van der Waals surface area (Å²) in [5.74, 6) is -1.46. The number of ketones is 1. The van der Waals surface area contributed by atoms with Crippen LogP contribution >= 0.6 is 0 Å². The Morgan fingerprint density at radius 2 is 1.88 bits per heavy atom. The third-order valence-electron chi connectivity index (χ3n) is 2.03. The van der Waals surface area contributed by atoms with Gasteiger partial charge in [-0.15, -0.1) is 0 Å². The number of benzene rings is 1. The summed E-state index contributed by atoms with van der Waals surface area (Å²) in [5, 5.41) is 0. The molecule has 0 unspecified atom stereocenters. The van der Waals surface area contributed by atoms with Gasteiger partial charge in [0, 0.05) is 14.0 Å². The number of hydrogen-bond acceptors (Lipinski definition) is 4. The van der Waals surface area contributed by atoms with Crippen molar-refractivity contribution in [2.24, 2.45) is 0 Å². The van der Waals surface area contributed by atoms with Gasteiger partial charge in [-0.05, 0) is 5.56 Å². The molecule has 1 aromatic rings. The molecule has 0 fully saturated rings. The average Bonchev–Trinajstić information content (AvgIpc) is 2.29. The highest BCUT2D eigenvalue weighted by Crippen LogP contribution is 2.17. The van der Waals surface area contributed by atoms with Crippen LogP contribution in [0.1, 0.15) is 18.6 Å². The number of rotatable bonds is 5. The van der Waals surface area contributed by atoms with E-state index >= 15 is 0 Å². The fourth-order valence-electron chi connectivity index (χ4n) is 1.23. The second-order valence-corrected chi connectivity index (χ2v) is 3.32. The molecule has 0 N–H and O–H groups in total. The minimum absolute atomic E-state index is 0.225. The zero-order valence-corrected chi connectivity index (χ0v) is 9.30. The second kappa shape index (κ2) is 6.02. The van der Waals surface area contributed by atoms with Gasteiger partial charge in [-0.3, -0.25) is 4.79 Å². The highest BCUT2D eigenvalue weighted by atomic mass is 16.6. The number of hydrogen-bond donors (Lipinski definition) is 0. The average molecular weight is 222 g/mol. The van der Waals surface area contributed by atoms with Gasteiger partial charge in [0.2, 0.25) is 5.78 Å². The fourth-order valence-corrected chi connectivity index (χ4v) is 1.23. The molecular formula is C12H14O4. The van der Waals surface area contributed by atoms with Crippen molar-refractivity contribution in [3.8, 4) is 0 Å². The number of methoxy groups -OCH3 is 1. The van der Waals surface area contributed by atoms with Gasteiger partial charge in [-0.1, -0.05) is 30.3 Å². The fraction of sp³-hybridized carbons (Fsp3) is 0.333. The van der Waals surface area contributed by atoms with E-state index in [9.17, 15) is 9.59 Å². The molecule has 16 heavy (non-hydrogen) atoms. The predicted molar refractivity (Wildman–Crippen MR) is 57.8 cm³/mol. The van der Waals surface area contributed by atoms with Gasteiger partial charge in [0.25, 0.3) is 0 Å². The number of esters is 1. The molecule has 4 nitrogen and oxygen atoms in total. The summed E-state index contributed by atoms with van der Waals surface area (Å²) in [5.41, 5.74) is 0.805. The van der Waals surface area contributed by atoms with E-state index < -0.39 is 17.9 Å². The molecule has 0 saturated carbocycles. The van der Waals surface area contributed by atoms with Crippen LogP contribution < -0.4 is 0 Å². The molecule has 0 aromatic heterocycles. The third kappa shape index (κ3) is 3.47. The molecule has 86 valence electrons. The molecule has 0 bridgehead atoms. The molecule has 0 radical (unpaired) electrons. The van der Waals surface area contributed by atoms with Gasteiger partial charge in [-0.25, -0.2) is 4.79 Å². The quantitative estimate of drug-likeness (QED) is 0.559. The van der Waals surface area contributed by atoms with E-state index in [4.69, 9.17) is 9.47 Å². The lowest BCUT2D eigenvalue weighted by molar-refractivity contribution is -0.159. The molecule has 0 aliphatic heterocycles. The topological polar surface area (TPSA) is 52.6 Å². The Kier molecular flexibility index (Phi) is 4.66. The van der Waals surface area contributed by atoms with Crippen LogP contribution in [0.25, 0.3) is 0 Å². The van der Waals surface area contributed by atoms with E-state index in [0.29, 0.717) is 0 Å². The monoisotopic (exact) mass is 222 g/mol. The van der Waals surface area contributed by atoms with Gasteiger partial charge in [0.15, 0.2) is 6.10 Å². The van der Waals surface area contributed by atoms with Crippen molar-refractivity contribution < 1.29 is 19.1 Å². The summed E-state index contributed by atoms with van der Waals surface area (Å²) in [7, 11) is 1.51. The highest BCUT2D eigenvalue weighted by molar-refractivity contribution is 6.32. The summed E-state index contributed by atoms with van der Waals surface area (Å²) >= 11 is 0. The van der Waals surface area contributed by atoms with Gasteiger partial charge in [-0.2, -0.15) is 0 Å². The Morgan fingerprint density at radius 3 is 2.38 bits per heavy atom. The largest absolute Gasteiger partial charge is 0.449 e. The smallest absolute Gasteiger partial charge is 0.374 e. The van der Waals surface area contributed by atoms with Crippen molar-refractivity contribution >= 4 is 11.8 Å². The minimum Gasteiger partial charge on any atom is -0.449 e. The molecular weight excluding hydrogens is 208 g/mol. The summed E-state index contributed by atoms with van der Waals surface area (Å²) < 4.78 is 9.98. The van der Waals surface area contributed by atoms with E-state index in [0.717, 1.165) is 5.56 Å². The molecule has 4 heteroatoms. The van der Waals surface area contributed by atoms with Gasteiger partial charge in [0.05, 0.1) is 6.61 Å². The zero-order valence-electron chi connectivity index (χ0n) is 9.30. The van der Waals surface area contributed by atoms with Crippen LogP contribution in [-0.2, 0) is 19.1 Å². The summed E-state index contributed by atoms with van der Waals surface area (Å²) in [6.45, 7) is 1.40. The van der Waals surface area contributed by atoms with E-state index in [2.05, 4.69) is 0 Å². The molecule has 0 spiro atoms. The van der Waals surface area contributed by atoms with Crippen molar-refractivity contribution in [2.75, 3.05) is 13.7 Å². The summed E-state index contributed by atoms with van der Waals surface area (Å²) in [4.78, 5) is 22.0. The Hall–Kier alpha value is -1.68. The maximum atomic E-state index is 11.2. The predicted octanol–water partition coefficient (Wildman–Crippen LogP) is 1.51. The Balaban J connectivity index is 2.76. The first-order valence-electron chi connectivity index (χ1n) is 4.90. The standard InChI is InChI=1S/C12H14O4/c1-9(13)12(14)16-11(8-15-2)10-6-4-3-5-7-10/h3-7,11H,8H2,1-2H3/t11-/m1/s1. The molecule has 1 atom stereocenters. The van der Waals surface area contributed by atoms with Crippen LogP contribution in [-0.4, -0.2) is 25.5 Å². The van der Waals surface area contributed by atoms with Crippen LogP contribution in [0.3, 0.4) is 0 Å². The number of carbonyl (C=O) groups excluding carboxylic acids is 2. The van der Waals surface area contributed by atoms with E-state index in [1.165, 1.54) is 14.0 Å². The van der Waals surface area contributed by atoms with Gasteiger partial charge < -0.3 is 9.47 Å². The normalized spacial score (nSPS) is 11.9. The molecule has 1 rings (SSSR count). The highest BCUT2D eigenvalue weighted by Gasteiger charge is 2.18. The maximum Gasteiger partial charge on any atom is 0.374 e. The first kappa shape index (κ1) is 12.4. The van der Waals surface area contributed by atoms with E-state index in [1.807, 2.05) is 30.3 Å². The molecule has 0 aliphatic carbocycles. The Bertz CT molecular complexity index is 359. The lowest BCUT2D eigenvalue weighted by Crippen LogP contribution is -2.20. The first-order valence-corrected chi connectivity index (χ1v) is 4.90. The molecule has 0 heterocycles. The van der Waals surface area contributed by atoms with Crippen molar-refractivity contribution in [3.05, 3.63) is 35.9 Å².